The van der Waals surface area contributed by atoms with Gasteiger partial charge in [0.25, 0.3) is 0 Å². The highest BCUT2D eigenvalue weighted by molar-refractivity contribution is 8.00. The third-order valence-electron chi connectivity index (χ3n) is 2.55. The van der Waals surface area contributed by atoms with E-state index in [0.29, 0.717) is 5.69 Å². The summed E-state index contributed by atoms with van der Waals surface area (Å²) in [6.45, 7) is 1.85. The minimum Gasteiger partial charge on any atom is -0.291 e. The molecule has 0 aliphatic carbocycles. The molecule has 0 aliphatic rings. The van der Waals surface area contributed by atoms with Crippen LogP contribution in [0.15, 0.2) is 35.4 Å². The number of hydrogen-bond donors (Lipinski definition) is 0. The Morgan fingerprint density at radius 1 is 1.50 bits per heavy atom. The van der Waals surface area contributed by atoms with E-state index < -0.39 is 0 Å². The maximum Gasteiger partial charge on any atom is 0.191 e. The molecule has 0 aliphatic heterocycles. The summed E-state index contributed by atoms with van der Waals surface area (Å²) in [5.74, 6) is -0.00461. The lowest BCUT2D eigenvalue weighted by molar-refractivity contribution is 0.101. The molecule has 0 N–H and O–H groups in total. The van der Waals surface area contributed by atoms with E-state index in [-0.39, 0.29) is 17.4 Å². The van der Waals surface area contributed by atoms with Crippen LogP contribution in [0.25, 0.3) is 0 Å². The number of aromatic nitrogens is 2. The van der Waals surface area contributed by atoms with Gasteiger partial charge in [-0.2, -0.15) is 5.10 Å². The Morgan fingerprint density at radius 2 is 2.28 bits per heavy atom. The summed E-state index contributed by atoms with van der Waals surface area (Å²) < 4.78 is 14.6. The number of hydrogen-bond acceptors (Lipinski definition) is 3. The van der Waals surface area contributed by atoms with Gasteiger partial charge in [-0.05, 0) is 30.7 Å². The van der Waals surface area contributed by atoms with Crippen molar-refractivity contribution in [3.8, 4) is 0 Å². The normalized spacial score (nSPS) is 10.6. The van der Waals surface area contributed by atoms with Crippen molar-refractivity contribution in [3.05, 3.63) is 47.5 Å². The highest BCUT2D eigenvalue weighted by Gasteiger charge is 2.14. The number of aryl methyl sites for hydroxylation is 2. The average molecular weight is 264 g/mol. The van der Waals surface area contributed by atoms with E-state index in [0.717, 1.165) is 10.5 Å². The summed E-state index contributed by atoms with van der Waals surface area (Å²) in [5, 5.41) is 4.03. The van der Waals surface area contributed by atoms with Gasteiger partial charge in [0.05, 0.1) is 11.9 Å². The second kappa shape index (κ2) is 5.35. The van der Waals surface area contributed by atoms with Crippen molar-refractivity contribution in [2.45, 2.75) is 11.8 Å². The fraction of sp³-hybridized carbons (Fsp3) is 0.231. The first kappa shape index (κ1) is 12.8. The lowest BCUT2D eigenvalue weighted by Gasteiger charge is -2.03. The van der Waals surface area contributed by atoms with Gasteiger partial charge in [0.2, 0.25) is 0 Å². The van der Waals surface area contributed by atoms with Gasteiger partial charge in [-0.25, -0.2) is 4.39 Å². The van der Waals surface area contributed by atoms with Gasteiger partial charge in [-0.1, -0.05) is 6.07 Å². The predicted octanol–water partition coefficient (Wildman–Crippen LogP) is 2.84. The third-order valence-corrected chi connectivity index (χ3v) is 3.55. The molecule has 0 saturated carbocycles. The van der Waals surface area contributed by atoms with E-state index in [4.69, 9.17) is 0 Å². The topological polar surface area (TPSA) is 34.9 Å². The van der Waals surface area contributed by atoms with Gasteiger partial charge in [-0.3, -0.25) is 9.48 Å². The average Bonchev–Trinajstić information content (AvgIpc) is 2.66. The molecule has 0 atom stereocenters. The van der Waals surface area contributed by atoms with Gasteiger partial charge in [0.1, 0.15) is 11.5 Å². The number of carbonyl (C=O) groups excluding carboxylic acids is 1. The van der Waals surface area contributed by atoms with Gasteiger partial charge >= 0.3 is 0 Å². The lowest BCUT2D eigenvalue weighted by Crippen LogP contribution is -2.10. The van der Waals surface area contributed by atoms with E-state index in [1.165, 1.54) is 23.9 Å². The molecule has 5 heteroatoms. The molecule has 18 heavy (non-hydrogen) atoms. The molecule has 3 nitrogen and oxygen atoms in total. The molecule has 0 bridgehead atoms. The standard InChI is InChI=1S/C13H13FN2OS/c1-9-7-15-16(2)13(9)12(17)8-18-11-5-3-4-10(14)6-11/h3-7H,8H2,1-2H3. The van der Waals surface area contributed by atoms with Crippen molar-refractivity contribution in [3.63, 3.8) is 0 Å². The zero-order valence-corrected chi connectivity index (χ0v) is 11.0. The Balaban J connectivity index is 2.05. The van der Waals surface area contributed by atoms with Crippen molar-refractivity contribution < 1.29 is 9.18 Å². The second-order valence-corrected chi connectivity index (χ2v) is 5.02. The van der Waals surface area contributed by atoms with Crippen LogP contribution in [-0.4, -0.2) is 21.3 Å². The fourth-order valence-electron chi connectivity index (χ4n) is 1.72. The maximum atomic E-state index is 13.0. The molecule has 94 valence electrons. The molecule has 0 fully saturated rings. The molecule has 1 aromatic carbocycles. The van der Waals surface area contributed by atoms with Crippen molar-refractivity contribution in [1.82, 2.24) is 9.78 Å². The molecule has 0 amide bonds. The van der Waals surface area contributed by atoms with Crippen LogP contribution in [0.3, 0.4) is 0 Å². The molecule has 0 unspecified atom stereocenters. The van der Waals surface area contributed by atoms with Crippen LogP contribution < -0.4 is 0 Å². The van der Waals surface area contributed by atoms with E-state index in [2.05, 4.69) is 5.10 Å². The first-order valence-electron chi connectivity index (χ1n) is 5.48. The number of benzene rings is 1. The minimum atomic E-state index is -0.288. The summed E-state index contributed by atoms with van der Waals surface area (Å²) in [5.41, 5.74) is 1.47. The highest BCUT2D eigenvalue weighted by atomic mass is 32.2. The van der Waals surface area contributed by atoms with Crippen LogP contribution in [0.2, 0.25) is 0 Å². The molecule has 1 heterocycles. The molecule has 0 saturated heterocycles. The predicted molar refractivity (Wildman–Crippen MR) is 69.4 cm³/mol. The van der Waals surface area contributed by atoms with Crippen molar-refractivity contribution >= 4 is 17.5 Å². The number of rotatable bonds is 4. The SMILES string of the molecule is Cc1cnn(C)c1C(=O)CSc1cccc(F)c1. The summed E-state index contributed by atoms with van der Waals surface area (Å²) in [6.07, 6.45) is 1.67. The number of halogens is 1. The fourth-order valence-corrected chi connectivity index (χ4v) is 2.53. The number of carbonyl (C=O) groups is 1. The van der Waals surface area contributed by atoms with Gasteiger partial charge in [-0.15, -0.1) is 11.8 Å². The smallest absolute Gasteiger partial charge is 0.191 e. The van der Waals surface area contributed by atoms with Gasteiger partial charge in [0.15, 0.2) is 5.78 Å². The minimum absolute atomic E-state index is 0.00163. The van der Waals surface area contributed by atoms with E-state index in [1.54, 1.807) is 30.1 Å². The summed E-state index contributed by atoms with van der Waals surface area (Å²) in [4.78, 5) is 12.8. The number of Topliss-reactive ketones (excluding diaryl/α,β-unsaturated/α-hetero) is 1. The summed E-state index contributed by atoms with van der Waals surface area (Å²) in [7, 11) is 1.74. The van der Waals surface area contributed by atoms with E-state index >= 15 is 0 Å². The van der Waals surface area contributed by atoms with Crippen molar-refractivity contribution in [1.29, 1.82) is 0 Å². The first-order valence-corrected chi connectivity index (χ1v) is 6.46. The zero-order valence-electron chi connectivity index (χ0n) is 10.2. The second-order valence-electron chi connectivity index (χ2n) is 3.97. The van der Waals surface area contributed by atoms with Crippen LogP contribution in [0.5, 0.6) is 0 Å². The zero-order chi connectivity index (χ0) is 13.1. The van der Waals surface area contributed by atoms with Gasteiger partial charge < -0.3 is 0 Å². The Morgan fingerprint density at radius 3 is 2.89 bits per heavy atom. The van der Waals surface area contributed by atoms with E-state index in [1.807, 2.05) is 6.92 Å². The Labute approximate surface area is 109 Å². The summed E-state index contributed by atoms with van der Waals surface area (Å²) in [6, 6.07) is 6.24. The Bertz CT molecular complexity index is 561. The quantitative estimate of drug-likeness (QED) is 0.629. The molecule has 2 aromatic rings. The molecule has 0 spiro atoms. The van der Waals surface area contributed by atoms with Crippen LogP contribution in [-0.2, 0) is 7.05 Å². The van der Waals surface area contributed by atoms with Crippen LogP contribution in [0.1, 0.15) is 16.1 Å². The number of nitrogens with zero attached hydrogens (tertiary/aromatic N) is 2. The lowest BCUT2D eigenvalue weighted by atomic mass is 10.2. The Kier molecular flexibility index (Phi) is 3.81. The first-order chi connectivity index (χ1) is 8.58. The number of thioether (sulfide) groups is 1. The highest BCUT2D eigenvalue weighted by Crippen LogP contribution is 2.20. The molecular formula is C13H13FN2OS. The van der Waals surface area contributed by atoms with Crippen LogP contribution in [0, 0.1) is 12.7 Å². The molecular weight excluding hydrogens is 251 g/mol. The monoisotopic (exact) mass is 264 g/mol. The summed E-state index contributed by atoms with van der Waals surface area (Å²) >= 11 is 1.33. The van der Waals surface area contributed by atoms with Crippen molar-refractivity contribution in [2.75, 3.05) is 5.75 Å². The van der Waals surface area contributed by atoms with Crippen LogP contribution >= 0.6 is 11.8 Å². The number of ketones is 1. The maximum absolute atomic E-state index is 13.0. The Hall–Kier alpha value is -1.62. The molecule has 1 aromatic heterocycles. The van der Waals surface area contributed by atoms with E-state index in [9.17, 15) is 9.18 Å². The molecule has 2 rings (SSSR count). The van der Waals surface area contributed by atoms with Crippen molar-refractivity contribution in [2.24, 2.45) is 7.05 Å². The van der Waals surface area contributed by atoms with Crippen LogP contribution in [0.4, 0.5) is 4.39 Å². The molecule has 0 radical (unpaired) electrons. The van der Waals surface area contributed by atoms with Gasteiger partial charge in [0, 0.05) is 11.9 Å². The largest absolute Gasteiger partial charge is 0.291 e. The third kappa shape index (κ3) is 2.79.